The lowest BCUT2D eigenvalue weighted by molar-refractivity contribution is 1.19. The van der Waals surface area contributed by atoms with E-state index in [0.717, 1.165) is 21.2 Å². The van der Waals surface area contributed by atoms with E-state index in [-0.39, 0.29) is 5.82 Å². The summed E-state index contributed by atoms with van der Waals surface area (Å²) in [5.41, 5.74) is 18.6. The maximum absolute atomic E-state index is 6.01. The van der Waals surface area contributed by atoms with Crippen molar-refractivity contribution in [1.82, 2.24) is 0 Å². The van der Waals surface area contributed by atoms with Gasteiger partial charge in [-0.1, -0.05) is 37.9 Å². The minimum atomic E-state index is 0.261. The maximum Gasteiger partial charge on any atom is 0.116 e. The van der Waals surface area contributed by atoms with Crippen LogP contribution in [0, 0.1) is 0 Å². The van der Waals surface area contributed by atoms with Crippen LogP contribution in [-0.4, -0.2) is 5.71 Å². The summed E-state index contributed by atoms with van der Waals surface area (Å²) in [6.07, 6.45) is 9.42. The molecule has 7 N–H and O–H groups in total. The summed E-state index contributed by atoms with van der Waals surface area (Å²) in [5.74, 6) is 0.748. The average Bonchev–Trinajstić information content (AvgIpc) is 2.56. The molecule has 0 unspecified atom stereocenters. The number of nitrogens with zero attached hydrogens (tertiary/aromatic N) is 1. The number of nitrogens with two attached hydrogens (primary N) is 3. The second kappa shape index (κ2) is 10.8. The van der Waals surface area contributed by atoms with Crippen molar-refractivity contribution in [1.29, 1.82) is 0 Å². The molecular weight excluding hydrogens is 330 g/mol. The van der Waals surface area contributed by atoms with Gasteiger partial charge in [-0.05, 0) is 55.1 Å². The monoisotopic (exact) mass is 355 g/mol. The number of allylic oxidation sites excluding steroid dienone is 4. The van der Waals surface area contributed by atoms with Crippen molar-refractivity contribution in [3.8, 4) is 0 Å². The molecule has 1 aromatic rings. The van der Waals surface area contributed by atoms with Gasteiger partial charge in [0.15, 0.2) is 0 Å². The molecule has 132 valence electrons. The van der Waals surface area contributed by atoms with Gasteiger partial charge >= 0.3 is 0 Å². The van der Waals surface area contributed by atoms with E-state index in [1.54, 1.807) is 23.9 Å². The third-order valence-corrected chi connectivity index (χ3v) is 3.91. The van der Waals surface area contributed by atoms with Crippen LogP contribution in [0.2, 0.25) is 0 Å². The molecule has 0 saturated heterocycles. The van der Waals surface area contributed by atoms with E-state index < -0.39 is 0 Å². The van der Waals surface area contributed by atoms with Crippen LogP contribution < -0.4 is 22.5 Å². The van der Waals surface area contributed by atoms with E-state index in [1.165, 1.54) is 6.20 Å². The van der Waals surface area contributed by atoms with E-state index in [1.807, 2.05) is 43.3 Å². The molecule has 0 heterocycles. The number of hydrogen-bond donors (Lipinski definition) is 4. The van der Waals surface area contributed by atoms with Crippen LogP contribution in [0.5, 0.6) is 0 Å². The quantitative estimate of drug-likeness (QED) is 0.306. The molecule has 0 aliphatic heterocycles. The lowest BCUT2D eigenvalue weighted by Crippen LogP contribution is -2.12. The fraction of sp³-hybridized carbons (Fsp3) is 0.105. The van der Waals surface area contributed by atoms with Crippen LogP contribution in [0.4, 0.5) is 5.69 Å². The van der Waals surface area contributed by atoms with Gasteiger partial charge < -0.3 is 22.5 Å². The van der Waals surface area contributed by atoms with Crippen molar-refractivity contribution < 1.29 is 0 Å². The molecular formula is C19H25N5S. The number of thioether (sulfide) groups is 1. The Morgan fingerprint density at radius 2 is 1.96 bits per heavy atom. The third kappa shape index (κ3) is 7.99. The van der Waals surface area contributed by atoms with Gasteiger partial charge in [-0.3, -0.25) is 0 Å². The molecule has 0 bridgehead atoms. The SMILES string of the molecule is C=C/C=C(\C=C/N)Sc1ccc(N/C(N)=C/C(CC)=N\C(=C)N)cc1. The highest BCUT2D eigenvalue weighted by molar-refractivity contribution is 8.03. The first-order chi connectivity index (χ1) is 12.0. The number of nitrogens with one attached hydrogen (secondary N) is 1. The van der Waals surface area contributed by atoms with E-state index in [9.17, 15) is 0 Å². The molecule has 1 aromatic carbocycles. The molecule has 0 radical (unpaired) electrons. The van der Waals surface area contributed by atoms with Gasteiger partial charge in [0.25, 0.3) is 0 Å². The highest BCUT2D eigenvalue weighted by Gasteiger charge is 2.00. The highest BCUT2D eigenvalue weighted by Crippen LogP contribution is 2.28. The second-order valence-corrected chi connectivity index (χ2v) is 6.11. The first kappa shape index (κ1) is 20.2. The zero-order valence-corrected chi connectivity index (χ0v) is 15.2. The number of aliphatic imine (C=N–C) groups is 1. The number of benzene rings is 1. The van der Waals surface area contributed by atoms with Crippen molar-refractivity contribution in [3.05, 3.63) is 84.5 Å². The summed E-state index contributed by atoms with van der Waals surface area (Å²) in [6, 6.07) is 7.90. The molecule has 0 atom stereocenters. The van der Waals surface area contributed by atoms with Crippen LogP contribution >= 0.6 is 11.8 Å². The molecule has 0 aromatic heterocycles. The highest BCUT2D eigenvalue weighted by atomic mass is 32.2. The van der Waals surface area contributed by atoms with Gasteiger partial charge in [0.1, 0.15) is 11.6 Å². The lowest BCUT2D eigenvalue weighted by Gasteiger charge is -2.08. The summed E-state index contributed by atoms with van der Waals surface area (Å²) in [6.45, 7) is 9.24. The zero-order valence-electron chi connectivity index (χ0n) is 14.4. The predicted octanol–water partition coefficient (Wildman–Crippen LogP) is 3.81. The second-order valence-electron chi connectivity index (χ2n) is 4.96. The standard InChI is InChI=1S/C19H25N5S/c1-4-6-17(11-12-20)25-18-9-7-16(8-10-18)24-19(22)13-15(5-2)23-14(3)21/h4,6-13,24H,1,3,5,20-22H2,2H3/b12-11-,17-6+,19-13+,23-15-. The Labute approximate surface area is 153 Å². The van der Waals surface area contributed by atoms with E-state index in [4.69, 9.17) is 17.2 Å². The van der Waals surface area contributed by atoms with Crippen molar-refractivity contribution in [2.45, 2.75) is 18.2 Å². The Balaban J connectivity index is 2.81. The van der Waals surface area contributed by atoms with Gasteiger partial charge in [0.05, 0.1) is 0 Å². The van der Waals surface area contributed by atoms with Crippen LogP contribution in [0.3, 0.4) is 0 Å². The van der Waals surface area contributed by atoms with Crippen molar-refractivity contribution in [2.24, 2.45) is 22.2 Å². The predicted molar refractivity (Wildman–Crippen MR) is 111 cm³/mol. The summed E-state index contributed by atoms with van der Waals surface area (Å²) >= 11 is 1.59. The van der Waals surface area contributed by atoms with Gasteiger partial charge in [0, 0.05) is 21.2 Å². The number of rotatable bonds is 9. The van der Waals surface area contributed by atoms with Crippen LogP contribution in [-0.2, 0) is 0 Å². The van der Waals surface area contributed by atoms with Crippen LogP contribution in [0.15, 0.2) is 94.4 Å². The normalized spacial score (nSPS) is 13.1. The van der Waals surface area contributed by atoms with Crippen molar-refractivity contribution in [3.63, 3.8) is 0 Å². The molecule has 0 spiro atoms. The topological polar surface area (TPSA) is 102 Å². The van der Waals surface area contributed by atoms with Gasteiger partial charge in [-0.15, -0.1) is 0 Å². The smallest absolute Gasteiger partial charge is 0.116 e. The summed E-state index contributed by atoms with van der Waals surface area (Å²) < 4.78 is 0. The summed E-state index contributed by atoms with van der Waals surface area (Å²) in [4.78, 5) is 6.21. The Hall–Kier alpha value is -2.86. The third-order valence-electron chi connectivity index (χ3n) is 2.89. The number of hydrogen-bond acceptors (Lipinski definition) is 6. The van der Waals surface area contributed by atoms with Gasteiger partial charge in [-0.2, -0.15) is 0 Å². The average molecular weight is 356 g/mol. The van der Waals surface area contributed by atoms with E-state index in [0.29, 0.717) is 12.2 Å². The molecule has 0 fully saturated rings. The van der Waals surface area contributed by atoms with Crippen LogP contribution in [0.1, 0.15) is 13.3 Å². The summed E-state index contributed by atoms with van der Waals surface area (Å²) in [7, 11) is 0. The summed E-state index contributed by atoms with van der Waals surface area (Å²) in [5, 5.41) is 3.12. The van der Waals surface area contributed by atoms with Crippen molar-refractivity contribution >= 4 is 23.2 Å². The number of anilines is 1. The fourth-order valence-corrected chi connectivity index (χ4v) is 2.71. The Morgan fingerprint density at radius 3 is 2.48 bits per heavy atom. The maximum atomic E-state index is 6.01. The van der Waals surface area contributed by atoms with Crippen molar-refractivity contribution in [2.75, 3.05) is 5.32 Å². The Bertz CT molecular complexity index is 712. The van der Waals surface area contributed by atoms with Gasteiger partial charge in [0.2, 0.25) is 0 Å². The lowest BCUT2D eigenvalue weighted by atomic mass is 10.2. The largest absolute Gasteiger partial charge is 0.405 e. The van der Waals surface area contributed by atoms with E-state index >= 15 is 0 Å². The molecule has 0 aliphatic carbocycles. The molecule has 0 aliphatic rings. The Kier molecular flexibility index (Phi) is 8.74. The molecule has 6 heteroatoms. The zero-order chi connectivity index (χ0) is 18.7. The molecule has 25 heavy (non-hydrogen) atoms. The molecule has 0 amide bonds. The Morgan fingerprint density at radius 1 is 1.28 bits per heavy atom. The minimum Gasteiger partial charge on any atom is -0.405 e. The van der Waals surface area contributed by atoms with Crippen LogP contribution in [0.25, 0.3) is 0 Å². The molecule has 0 saturated carbocycles. The molecule has 1 rings (SSSR count). The first-order valence-corrected chi connectivity index (χ1v) is 8.55. The fourth-order valence-electron chi connectivity index (χ4n) is 1.86. The van der Waals surface area contributed by atoms with E-state index in [2.05, 4.69) is 23.5 Å². The molecule has 5 nitrogen and oxygen atoms in total. The minimum absolute atomic E-state index is 0.261. The van der Waals surface area contributed by atoms with Gasteiger partial charge in [-0.25, -0.2) is 4.99 Å². The first-order valence-electron chi connectivity index (χ1n) is 7.73.